The molecule has 1 aliphatic heterocycles. The van der Waals surface area contributed by atoms with Crippen molar-refractivity contribution < 1.29 is 21.6 Å². The van der Waals surface area contributed by atoms with E-state index in [9.17, 15) is 21.6 Å². The Morgan fingerprint density at radius 3 is 2.30 bits per heavy atom. The highest BCUT2D eigenvalue weighted by Gasteiger charge is 2.57. The molecule has 3 atom stereocenters. The zero-order valence-electron chi connectivity index (χ0n) is 12.9. The maximum absolute atomic E-state index is 13.5. The smallest absolute Gasteiger partial charge is 0.207 e. The predicted octanol–water partition coefficient (Wildman–Crippen LogP) is 3.88. The van der Waals surface area contributed by atoms with Crippen LogP contribution in [-0.4, -0.2) is 31.0 Å². The summed E-state index contributed by atoms with van der Waals surface area (Å²) in [5, 5.41) is 0. The molecule has 0 N–H and O–H groups in total. The maximum Gasteiger partial charge on any atom is 0.405 e. The van der Waals surface area contributed by atoms with E-state index >= 15 is 0 Å². The lowest BCUT2D eigenvalue weighted by Crippen LogP contribution is -2.48. The number of rotatable bonds is 2. The molecule has 1 heterocycles. The predicted molar refractivity (Wildman–Crippen MR) is 80.4 cm³/mol. The zero-order chi connectivity index (χ0) is 16.8. The summed E-state index contributed by atoms with van der Waals surface area (Å²) in [4.78, 5) is -0.0522. The van der Waals surface area contributed by atoms with Gasteiger partial charge in [-0.15, -0.1) is 0 Å². The van der Waals surface area contributed by atoms with E-state index in [1.807, 2.05) is 6.92 Å². The van der Waals surface area contributed by atoms with E-state index in [2.05, 4.69) is 0 Å². The van der Waals surface area contributed by atoms with E-state index < -0.39 is 28.3 Å². The fourth-order valence-electron chi connectivity index (χ4n) is 3.88. The lowest BCUT2D eigenvalue weighted by molar-refractivity contribution is -0.167. The van der Waals surface area contributed by atoms with Crippen molar-refractivity contribution in [2.75, 3.05) is 0 Å². The van der Waals surface area contributed by atoms with Crippen LogP contribution < -0.4 is 0 Å². The molecule has 3 nitrogen and oxygen atoms in total. The van der Waals surface area contributed by atoms with Crippen molar-refractivity contribution >= 4 is 10.0 Å². The van der Waals surface area contributed by atoms with Crippen molar-refractivity contribution in [2.24, 2.45) is 5.92 Å². The Morgan fingerprint density at radius 2 is 1.70 bits per heavy atom. The first kappa shape index (κ1) is 16.8. The molecule has 2 aliphatic rings. The molecule has 23 heavy (non-hydrogen) atoms. The van der Waals surface area contributed by atoms with Gasteiger partial charge in [-0.2, -0.15) is 17.5 Å². The van der Waals surface area contributed by atoms with Crippen LogP contribution in [0.3, 0.4) is 0 Å². The quantitative estimate of drug-likeness (QED) is 0.814. The molecule has 1 saturated carbocycles. The molecular formula is C16H20F3NO2S. The summed E-state index contributed by atoms with van der Waals surface area (Å²) in [6.07, 6.45) is -1.79. The molecule has 0 amide bonds. The Hall–Kier alpha value is -1.08. The molecular weight excluding hydrogens is 327 g/mol. The van der Waals surface area contributed by atoms with E-state index in [0.29, 0.717) is 12.8 Å². The Kier molecular flexibility index (Phi) is 4.21. The van der Waals surface area contributed by atoms with Gasteiger partial charge in [0.1, 0.15) is 6.04 Å². The second kappa shape index (κ2) is 5.77. The first-order chi connectivity index (χ1) is 10.7. The number of benzene rings is 1. The second-order valence-electron chi connectivity index (χ2n) is 6.55. The number of hydrogen-bond donors (Lipinski definition) is 0. The second-order valence-corrected chi connectivity index (χ2v) is 8.40. The average Bonchev–Trinajstić information content (AvgIpc) is 2.88. The Bertz CT molecular complexity index is 670. The summed E-state index contributed by atoms with van der Waals surface area (Å²) in [5.74, 6) is -0.185. The molecule has 1 aromatic rings. The number of fused-ring (bicyclic) bond motifs is 1. The number of aryl methyl sites for hydroxylation is 1. The summed E-state index contributed by atoms with van der Waals surface area (Å²) >= 11 is 0. The van der Waals surface area contributed by atoms with Gasteiger partial charge in [0.05, 0.1) is 4.90 Å². The van der Waals surface area contributed by atoms with Crippen LogP contribution in [0.2, 0.25) is 0 Å². The van der Waals surface area contributed by atoms with Gasteiger partial charge in [-0.1, -0.05) is 30.5 Å². The van der Waals surface area contributed by atoms with Crippen LogP contribution in [0.25, 0.3) is 0 Å². The number of nitrogens with zero attached hydrogens (tertiary/aromatic N) is 1. The summed E-state index contributed by atoms with van der Waals surface area (Å²) in [7, 11) is -4.14. The van der Waals surface area contributed by atoms with Crippen molar-refractivity contribution in [1.82, 2.24) is 4.31 Å². The Labute approximate surface area is 134 Å². The van der Waals surface area contributed by atoms with Crippen LogP contribution in [0.1, 0.15) is 37.7 Å². The minimum Gasteiger partial charge on any atom is -0.207 e. The van der Waals surface area contributed by atoms with E-state index in [1.54, 1.807) is 12.1 Å². The van der Waals surface area contributed by atoms with Crippen molar-refractivity contribution in [1.29, 1.82) is 0 Å². The molecule has 2 fully saturated rings. The SMILES string of the molecule is Cc1ccc(S(=O)(=O)N2C3CCCCC3CC2C(F)(F)F)cc1. The highest BCUT2D eigenvalue weighted by molar-refractivity contribution is 7.89. The van der Waals surface area contributed by atoms with Gasteiger partial charge in [0.2, 0.25) is 10.0 Å². The summed E-state index contributed by atoms with van der Waals surface area (Å²) in [5.41, 5.74) is 0.869. The van der Waals surface area contributed by atoms with Crippen LogP contribution in [0.4, 0.5) is 13.2 Å². The monoisotopic (exact) mass is 347 g/mol. The van der Waals surface area contributed by atoms with Gasteiger partial charge in [-0.05, 0) is 44.2 Å². The first-order valence-electron chi connectivity index (χ1n) is 7.88. The van der Waals surface area contributed by atoms with Gasteiger partial charge >= 0.3 is 6.18 Å². The third-order valence-electron chi connectivity index (χ3n) is 5.00. The molecule has 128 valence electrons. The van der Waals surface area contributed by atoms with Crippen LogP contribution in [0, 0.1) is 12.8 Å². The highest BCUT2D eigenvalue weighted by atomic mass is 32.2. The van der Waals surface area contributed by atoms with Crippen molar-refractivity contribution in [2.45, 2.75) is 62.2 Å². The zero-order valence-corrected chi connectivity index (χ0v) is 13.7. The van der Waals surface area contributed by atoms with Crippen molar-refractivity contribution in [3.63, 3.8) is 0 Å². The molecule has 7 heteroatoms. The summed E-state index contributed by atoms with van der Waals surface area (Å²) in [6, 6.07) is 3.60. The maximum atomic E-state index is 13.5. The molecule has 0 aromatic heterocycles. The topological polar surface area (TPSA) is 37.4 Å². The van der Waals surface area contributed by atoms with Gasteiger partial charge in [-0.3, -0.25) is 0 Å². The highest BCUT2D eigenvalue weighted by Crippen LogP contribution is 2.47. The number of hydrogen-bond acceptors (Lipinski definition) is 2. The van der Waals surface area contributed by atoms with Gasteiger partial charge in [0.15, 0.2) is 0 Å². The van der Waals surface area contributed by atoms with Crippen LogP contribution in [-0.2, 0) is 10.0 Å². The Balaban J connectivity index is 2.03. The molecule has 1 saturated heterocycles. The van der Waals surface area contributed by atoms with Crippen molar-refractivity contribution in [3.8, 4) is 0 Å². The summed E-state index contributed by atoms with van der Waals surface area (Å²) in [6.45, 7) is 1.81. The minimum atomic E-state index is -4.53. The van der Waals surface area contributed by atoms with Gasteiger partial charge in [0.25, 0.3) is 0 Å². The lowest BCUT2D eigenvalue weighted by Gasteiger charge is -2.33. The molecule has 3 unspecified atom stereocenters. The molecule has 1 aliphatic carbocycles. The third kappa shape index (κ3) is 3.01. The van der Waals surface area contributed by atoms with Gasteiger partial charge < -0.3 is 0 Å². The van der Waals surface area contributed by atoms with Gasteiger partial charge in [-0.25, -0.2) is 8.42 Å². The molecule has 0 bridgehead atoms. The lowest BCUT2D eigenvalue weighted by atomic mass is 9.85. The largest absolute Gasteiger partial charge is 0.405 e. The van der Waals surface area contributed by atoms with Crippen molar-refractivity contribution in [3.05, 3.63) is 29.8 Å². The number of halogens is 3. The normalized spacial score (nSPS) is 29.5. The minimum absolute atomic E-state index is 0.0522. The summed E-state index contributed by atoms with van der Waals surface area (Å²) < 4.78 is 66.9. The van der Waals surface area contributed by atoms with Crippen LogP contribution in [0.15, 0.2) is 29.2 Å². The van der Waals surface area contributed by atoms with E-state index in [4.69, 9.17) is 0 Å². The molecule has 0 radical (unpaired) electrons. The van der Waals surface area contributed by atoms with E-state index in [1.165, 1.54) is 12.1 Å². The average molecular weight is 347 g/mol. The fourth-order valence-corrected chi connectivity index (χ4v) is 5.77. The van der Waals surface area contributed by atoms with Crippen LogP contribution >= 0.6 is 0 Å². The standard InChI is InChI=1S/C16H20F3NO2S/c1-11-6-8-13(9-7-11)23(21,22)20-14-5-3-2-4-12(14)10-15(20)16(17,18)19/h6-9,12,14-15H,2-5,10H2,1H3. The van der Waals surface area contributed by atoms with E-state index in [0.717, 1.165) is 22.7 Å². The molecule has 0 spiro atoms. The Morgan fingerprint density at radius 1 is 1.09 bits per heavy atom. The molecule has 3 rings (SSSR count). The fraction of sp³-hybridized carbons (Fsp3) is 0.625. The van der Waals surface area contributed by atoms with Gasteiger partial charge in [0, 0.05) is 6.04 Å². The number of sulfonamides is 1. The van der Waals surface area contributed by atoms with Crippen LogP contribution in [0.5, 0.6) is 0 Å². The molecule has 1 aromatic carbocycles. The number of alkyl halides is 3. The first-order valence-corrected chi connectivity index (χ1v) is 9.32. The third-order valence-corrected chi connectivity index (χ3v) is 6.95. The van der Waals surface area contributed by atoms with E-state index in [-0.39, 0.29) is 17.2 Å².